The Labute approximate surface area is 173 Å². The van der Waals surface area contributed by atoms with E-state index in [-0.39, 0.29) is 18.0 Å². The monoisotopic (exact) mass is 393 g/mol. The van der Waals surface area contributed by atoms with Crippen LogP contribution in [-0.2, 0) is 6.42 Å². The third-order valence-electron chi connectivity index (χ3n) is 5.27. The van der Waals surface area contributed by atoms with Gasteiger partial charge in [0.1, 0.15) is 0 Å². The molecular formula is C24H31N3O2. The van der Waals surface area contributed by atoms with Gasteiger partial charge in [-0.3, -0.25) is 4.79 Å². The number of likely N-dealkylation sites (tertiary alicyclic amines) is 1. The zero-order valence-electron chi connectivity index (χ0n) is 17.4. The van der Waals surface area contributed by atoms with Crippen LogP contribution in [0.1, 0.15) is 49.0 Å². The summed E-state index contributed by atoms with van der Waals surface area (Å²) in [5, 5.41) is 5.90. The number of anilines is 1. The number of urea groups is 1. The van der Waals surface area contributed by atoms with Crippen LogP contribution in [0.4, 0.5) is 10.5 Å². The second-order valence-electron chi connectivity index (χ2n) is 8.14. The Hall–Kier alpha value is -2.82. The minimum atomic E-state index is -0.0875. The molecule has 1 aliphatic rings. The molecule has 1 unspecified atom stereocenters. The fourth-order valence-corrected chi connectivity index (χ4v) is 3.67. The smallest absolute Gasteiger partial charge is 0.322 e. The zero-order chi connectivity index (χ0) is 20.6. The summed E-state index contributed by atoms with van der Waals surface area (Å²) in [6.07, 6.45) is 4.09. The maximum Gasteiger partial charge on any atom is 0.322 e. The van der Waals surface area contributed by atoms with Crippen LogP contribution < -0.4 is 10.6 Å². The first-order valence-corrected chi connectivity index (χ1v) is 10.5. The van der Waals surface area contributed by atoms with Crippen LogP contribution in [0.3, 0.4) is 0 Å². The molecule has 29 heavy (non-hydrogen) atoms. The molecule has 5 nitrogen and oxygen atoms in total. The maximum atomic E-state index is 12.9. The van der Waals surface area contributed by atoms with Crippen molar-refractivity contribution in [1.82, 2.24) is 10.2 Å². The standard InChI is InChI=1S/C24H31N3O2/c1-18(2)17-25-23(28)20-11-13-21(14-12-20)26-24(29)27-15-7-6-10-22(27)16-19-8-4-3-5-9-19/h3-5,8-9,11-14,18,22H,6-7,10,15-17H2,1-2H3,(H,25,28)(H,26,29). The predicted octanol–water partition coefficient (Wildman–Crippen LogP) is 4.70. The van der Waals surface area contributed by atoms with Crippen LogP contribution in [0.2, 0.25) is 0 Å². The van der Waals surface area contributed by atoms with Crippen molar-refractivity contribution in [2.75, 3.05) is 18.4 Å². The van der Waals surface area contributed by atoms with E-state index in [9.17, 15) is 9.59 Å². The van der Waals surface area contributed by atoms with E-state index in [1.54, 1.807) is 24.3 Å². The molecule has 0 aromatic heterocycles. The summed E-state index contributed by atoms with van der Waals surface area (Å²) >= 11 is 0. The molecule has 1 saturated heterocycles. The molecule has 0 spiro atoms. The molecule has 1 atom stereocenters. The second-order valence-corrected chi connectivity index (χ2v) is 8.14. The summed E-state index contributed by atoms with van der Waals surface area (Å²) in [6, 6.07) is 17.6. The fourth-order valence-electron chi connectivity index (χ4n) is 3.67. The van der Waals surface area contributed by atoms with E-state index in [4.69, 9.17) is 0 Å². The van der Waals surface area contributed by atoms with E-state index in [0.29, 0.717) is 23.7 Å². The van der Waals surface area contributed by atoms with Crippen LogP contribution in [0.15, 0.2) is 54.6 Å². The molecule has 3 rings (SSSR count). The summed E-state index contributed by atoms with van der Waals surface area (Å²) in [7, 11) is 0. The van der Waals surface area contributed by atoms with Gasteiger partial charge in [-0.2, -0.15) is 0 Å². The normalized spacial score (nSPS) is 16.5. The Morgan fingerprint density at radius 2 is 1.76 bits per heavy atom. The van der Waals surface area contributed by atoms with E-state index < -0.39 is 0 Å². The number of piperidine rings is 1. The van der Waals surface area contributed by atoms with Crippen molar-refractivity contribution in [1.29, 1.82) is 0 Å². The highest BCUT2D eigenvalue weighted by molar-refractivity contribution is 5.95. The van der Waals surface area contributed by atoms with Gasteiger partial charge in [0.15, 0.2) is 0 Å². The molecule has 2 N–H and O–H groups in total. The highest BCUT2D eigenvalue weighted by atomic mass is 16.2. The molecule has 0 saturated carbocycles. The average Bonchev–Trinajstić information content (AvgIpc) is 2.73. The highest BCUT2D eigenvalue weighted by Crippen LogP contribution is 2.22. The minimum Gasteiger partial charge on any atom is -0.352 e. The van der Waals surface area contributed by atoms with Crippen LogP contribution in [0, 0.1) is 5.92 Å². The van der Waals surface area contributed by atoms with Crippen molar-refractivity contribution in [2.24, 2.45) is 5.92 Å². The van der Waals surface area contributed by atoms with E-state index >= 15 is 0 Å². The van der Waals surface area contributed by atoms with Crippen molar-refractivity contribution in [3.63, 3.8) is 0 Å². The van der Waals surface area contributed by atoms with Crippen molar-refractivity contribution >= 4 is 17.6 Å². The number of rotatable bonds is 6. The highest BCUT2D eigenvalue weighted by Gasteiger charge is 2.26. The third kappa shape index (κ3) is 6.08. The number of carbonyl (C=O) groups excluding carboxylic acids is 2. The largest absolute Gasteiger partial charge is 0.352 e. The molecule has 3 amide bonds. The van der Waals surface area contributed by atoms with E-state index in [0.717, 1.165) is 32.2 Å². The first-order valence-electron chi connectivity index (χ1n) is 10.5. The maximum absolute atomic E-state index is 12.9. The molecule has 0 bridgehead atoms. The van der Waals surface area contributed by atoms with Gasteiger partial charge in [-0.1, -0.05) is 44.2 Å². The number of amides is 3. The molecule has 1 fully saturated rings. The fraction of sp³-hybridized carbons (Fsp3) is 0.417. The quantitative estimate of drug-likeness (QED) is 0.747. The van der Waals surface area contributed by atoms with Gasteiger partial charge in [-0.05, 0) is 61.4 Å². The Morgan fingerprint density at radius 3 is 2.45 bits per heavy atom. The summed E-state index contributed by atoms with van der Waals surface area (Å²) < 4.78 is 0. The van der Waals surface area contributed by atoms with Gasteiger partial charge in [-0.15, -0.1) is 0 Å². The van der Waals surface area contributed by atoms with Crippen LogP contribution >= 0.6 is 0 Å². The van der Waals surface area contributed by atoms with Gasteiger partial charge < -0.3 is 15.5 Å². The van der Waals surface area contributed by atoms with Crippen molar-refractivity contribution in [3.05, 3.63) is 65.7 Å². The number of nitrogens with zero attached hydrogens (tertiary/aromatic N) is 1. The molecular weight excluding hydrogens is 362 g/mol. The summed E-state index contributed by atoms with van der Waals surface area (Å²) in [4.78, 5) is 27.0. The second kappa shape index (κ2) is 10.1. The molecule has 5 heteroatoms. The van der Waals surface area contributed by atoms with Gasteiger partial charge in [0.25, 0.3) is 5.91 Å². The SMILES string of the molecule is CC(C)CNC(=O)c1ccc(NC(=O)N2CCCCC2Cc2ccccc2)cc1. The first kappa shape index (κ1) is 20.9. The van der Waals surface area contributed by atoms with E-state index in [1.807, 2.05) is 23.1 Å². The Balaban J connectivity index is 1.60. The summed E-state index contributed by atoms with van der Waals surface area (Å²) in [6.45, 7) is 5.54. The van der Waals surface area contributed by atoms with Crippen molar-refractivity contribution in [3.8, 4) is 0 Å². The number of carbonyl (C=O) groups is 2. The topological polar surface area (TPSA) is 61.4 Å². The molecule has 154 valence electrons. The lowest BCUT2D eigenvalue weighted by molar-refractivity contribution is 0.0949. The lowest BCUT2D eigenvalue weighted by atomic mass is 9.96. The van der Waals surface area contributed by atoms with Gasteiger partial charge in [0.2, 0.25) is 0 Å². The number of hydrogen-bond acceptors (Lipinski definition) is 2. The van der Waals surface area contributed by atoms with Gasteiger partial charge in [0, 0.05) is 30.4 Å². The minimum absolute atomic E-state index is 0.0670. The Morgan fingerprint density at radius 1 is 1.03 bits per heavy atom. The first-order chi connectivity index (χ1) is 14.0. The lowest BCUT2D eigenvalue weighted by Gasteiger charge is -2.36. The van der Waals surface area contributed by atoms with Crippen molar-refractivity contribution in [2.45, 2.75) is 45.6 Å². The average molecular weight is 394 g/mol. The number of benzene rings is 2. The lowest BCUT2D eigenvalue weighted by Crippen LogP contribution is -2.46. The Bertz CT molecular complexity index is 803. The Kier molecular flexibility index (Phi) is 7.28. The number of hydrogen-bond donors (Lipinski definition) is 2. The molecule has 1 aliphatic heterocycles. The molecule has 2 aromatic carbocycles. The summed E-state index contributed by atoms with van der Waals surface area (Å²) in [5.74, 6) is 0.321. The van der Waals surface area contributed by atoms with Gasteiger partial charge in [0.05, 0.1) is 0 Å². The molecule has 0 aliphatic carbocycles. The van der Waals surface area contributed by atoms with Crippen molar-refractivity contribution < 1.29 is 9.59 Å². The predicted molar refractivity (Wildman–Crippen MR) is 117 cm³/mol. The summed E-state index contributed by atoms with van der Waals surface area (Å²) in [5.41, 5.74) is 2.57. The van der Waals surface area contributed by atoms with Crippen LogP contribution in [0.25, 0.3) is 0 Å². The zero-order valence-corrected chi connectivity index (χ0v) is 17.4. The molecule has 1 heterocycles. The van der Waals surface area contributed by atoms with E-state index in [1.165, 1.54) is 5.56 Å². The third-order valence-corrected chi connectivity index (χ3v) is 5.27. The van der Waals surface area contributed by atoms with Gasteiger partial charge >= 0.3 is 6.03 Å². The molecule has 2 aromatic rings. The van der Waals surface area contributed by atoms with Crippen LogP contribution in [-0.4, -0.2) is 36.0 Å². The van der Waals surface area contributed by atoms with Crippen LogP contribution in [0.5, 0.6) is 0 Å². The number of nitrogens with one attached hydrogen (secondary N) is 2. The molecule has 0 radical (unpaired) electrons. The van der Waals surface area contributed by atoms with E-state index in [2.05, 4.69) is 36.6 Å². The van der Waals surface area contributed by atoms with Gasteiger partial charge in [-0.25, -0.2) is 4.79 Å².